The second kappa shape index (κ2) is 7.62. The standard InChI is InChI=1S/C20H17FN4O/c1-13-4-2-5-14-10-16(12-22)19(25-18(13)14)23-8-9-24-20(26)15-6-3-7-17(21)11-15/h2-7,10-11H,8-9H2,1H3,(H,23,25)(H,24,26). The minimum atomic E-state index is -0.454. The predicted molar refractivity (Wildman–Crippen MR) is 98.4 cm³/mol. The van der Waals surface area contributed by atoms with Crippen molar-refractivity contribution in [2.75, 3.05) is 18.4 Å². The molecule has 0 aliphatic rings. The summed E-state index contributed by atoms with van der Waals surface area (Å²) < 4.78 is 13.1. The van der Waals surface area contributed by atoms with E-state index >= 15 is 0 Å². The van der Waals surface area contributed by atoms with Crippen LogP contribution in [0.3, 0.4) is 0 Å². The number of nitrogens with zero attached hydrogens (tertiary/aromatic N) is 2. The first-order chi connectivity index (χ1) is 12.6. The quantitative estimate of drug-likeness (QED) is 0.693. The molecule has 0 aliphatic heterocycles. The van der Waals surface area contributed by atoms with E-state index in [1.165, 1.54) is 18.2 Å². The summed E-state index contributed by atoms with van der Waals surface area (Å²) in [6.07, 6.45) is 0. The largest absolute Gasteiger partial charge is 0.367 e. The van der Waals surface area contributed by atoms with Crippen molar-refractivity contribution in [3.8, 4) is 6.07 Å². The third-order valence-corrected chi connectivity index (χ3v) is 3.96. The lowest BCUT2D eigenvalue weighted by Gasteiger charge is -2.11. The van der Waals surface area contributed by atoms with Crippen molar-refractivity contribution in [2.45, 2.75) is 6.92 Å². The lowest BCUT2D eigenvalue weighted by Crippen LogP contribution is -2.29. The number of anilines is 1. The van der Waals surface area contributed by atoms with Crippen LogP contribution >= 0.6 is 0 Å². The summed E-state index contributed by atoms with van der Waals surface area (Å²) >= 11 is 0. The Morgan fingerprint density at radius 3 is 2.77 bits per heavy atom. The van der Waals surface area contributed by atoms with Crippen LogP contribution < -0.4 is 10.6 Å². The van der Waals surface area contributed by atoms with Gasteiger partial charge in [-0.2, -0.15) is 5.26 Å². The molecule has 3 aromatic rings. The summed E-state index contributed by atoms with van der Waals surface area (Å²) in [5.74, 6) is -0.325. The Labute approximate surface area is 150 Å². The molecule has 3 rings (SSSR count). The van der Waals surface area contributed by atoms with Gasteiger partial charge in [-0.15, -0.1) is 0 Å². The number of amides is 1. The van der Waals surface area contributed by atoms with Crippen LogP contribution in [0.2, 0.25) is 0 Å². The number of para-hydroxylation sites is 1. The van der Waals surface area contributed by atoms with Gasteiger partial charge in [-0.05, 0) is 36.8 Å². The number of hydrogen-bond donors (Lipinski definition) is 2. The fourth-order valence-electron chi connectivity index (χ4n) is 2.66. The maximum Gasteiger partial charge on any atom is 0.251 e. The number of carbonyl (C=O) groups is 1. The minimum Gasteiger partial charge on any atom is -0.367 e. The third kappa shape index (κ3) is 3.78. The van der Waals surface area contributed by atoms with Crippen LogP contribution in [0.25, 0.3) is 10.9 Å². The van der Waals surface area contributed by atoms with E-state index in [1.807, 2.05) is 25.1 Å². The fourth-order valence-corrected chi connectivity index (χ4v) is 2.66. The van der Waals surface area contributed by atoms with Gasteiger partial charge >= 0.3 is 0 Å². The highest BCUT2D eigenvalue weighted by Gasteiger charge is 2.09. The normalized spacial score (nSPS) is 10.3. The average molecular weight is 348 g/mol. The van der Waals surface area contributed by atoms with Crippen molar-refractivity contribution >= 4 is 22.6 Å². The van der Waals surface area contributed by atoms with Crippen LogP contribution in [0, 0.1) is 24.1 Å². The van der Waals surface area contributed by atoms with E-state index in [0.29, 0.717) is 24.5 Å². The van der Waals surface area contributed by atoms with Crippen LogP contribution in [0.1, 0.15) is 21.5 Å². The van der Waals surface area contributed by atoms with Gasteiger partial charge < -0.3 is 10.6 Å². The van der Waals surface area contributed by atoms with E-state index in [4.69, 9.17) is 0 Å². The first-order valence-electron chi connectivity index (χ1n) is 8.16. The second-order valence-electron chi connectivity index (χ2n) is 5.84. The smallest absolute Gasteiger partial charge is 0.251 e. The topological polar surface area (TPSA) is 77.8 Å². The average Bonchev–Trinajstić information content (AvgIpc) is 2.65. The summed E-state index contributed by atoms with van der Waals surface area (Å²) in [6, 6.07) is 15.2. The van der Waals surface area contributed by atoms with Crippen molar-refractivity contribution in [1.29, 1.82) is 5.26 Å². The van der Waals surface area contributed by atoms with Gasteiger partial charge in [0.25, 0.3) is 5.91 Å². The number of carbonyl (C=O) groups excluding carboxylic acids is 1. The Balaban J connectivity index is 1.65. The molecular weight excluding hydrogens is 331 g/mol. The Hall–Kier alpha value is -3.46. The molecule has 1 heterocycles. The van der Waals surface area contributed by atoms with Gasteiger partial charge in [0.2, 0.25) is 0 Å². The molecule has 0 bridgehead atoms. The number of aryl methyl sites for hydroxylation is 1. The lowest BCUT2D eigenvalue weighted by molar-refractivity contribution is 0.0954. The zero-order valence-corrected chi connectivity index (χ0v) is 14.2. The Morgan fingerprint density at radius 1 is 1.19 bits per heavy atom. The molecule has 2 N–H and O–H groups in total. The fraction of sp³-hybridized carbons (Fsp3) is 0.150. The predicted octanol–water partition coefficient (Wildman–Crippen LogP) is 3.40. The zero-order chi connectivity index (χ0) is 18.5. The van der Waals surface area contributed by atoms with E-state index in [0.717, 1.165) is 16.5 Å². The zero-order valence-electron chi connectivity index (χ0n) is 14.2. The molecule has 1 amide bonds. The van der Waals surface area contributed by atoms with Gasteiger partial charge in [0.1, 0.15) is 17.7 Å². The summed E-state index contributed by atoms with van der Waals surface area (Å²) in [7, 11) is 0. The first kappa shape index (κ1) is 17.4. The molecule has 0 spiro atoms. The van der Waals surface area contributed by atoms with Crippen LogP contribution in [0.5, 0.6) is 0 Å². The molecule has 130 valence electrons. The van der Waals surface area contributed by atoms with Gasteiger partial charge in [0, 0.05) is 24.0 Å². The number of pyridine rings is 1. The summed E-state index contributed by atoms with van der Waals surface area (Å²) in [5.41, 5.74) is 2.56. The molecule has 0 atom stereocenters. The lowest BCUT2D eigenvalue weighted by atomic mass is 10.1. The van der Waals surface area contributed by atoms with Gasteiger partial charge in [-0.1, -0.05) is 24.3 Å². The highest BCUT2D eigenvalue weighted by molar-refractivity contribution is 5.94. The maximum atomic E-state index is 13.1. The number of aromatic nitrogens is 1. The Bertz CT molecular complexity index is 1010. The molecule has 2 aromatic carbocycles. The molecule has 0 saturated carbocycles. The van der Waals surface area contributed by atoms with Crippen LogP contribution in [0.15, 0.2) is 48.5 Å². The van der Waals surface area contributed by atoms with E-state index < -0.39 is 5.82 Å². The number of halogens is 1. The Kier molecular flexibility index (Phi) is 5.09. The first-order valence-corrected chi connectivity index (χ1v) is 8.16. The molecule has 0 unspecified atom stereocenters. The SMILES string of the molecule is Cc1cccc2cc(C#N)c(NCCNC(=O)c3cccc(F)c3)nc12. The Morgan fingerprint density at radius 2 is 2.00 bits per heavy atom. The van der Waals surface area contributed by atoms with Crippen LogP contribution in [-0.2, 0) is 0 Å². The van der Waals surface area contributed by atoms with Gasteiger partial charge in [0.15, 0.2) is 0 Å². The van der Waals surface area contributed by atoms with E-state index in [2.05, 4.69) is 21.7 Å². The van der Waals surface area contributed by atoms with Crippen LogP contribution in [-0.4, -0.2) is 24.0 Å². The van der Waals surface area contributed by atoms with E-state index in [9.17, 15) is 14.4 Å². The van der Waals surface area contributed by atoms with Gasteiger partial charge in [-0.25, -0.2) is 9.37 Å². The van der Waals surface area contributed by atoms with Crippen molar-refractivity contribution in [3.05, 3.63) is 71.0 Å². The van der Waals surface area contributed by atoms with E-state index in [-0.39, 0.29) is 11.5 Å². The minimum absolute atomic E-state index is 0.266. The molecule has 0 aliphatic carbocycles. The highest BCUT2D eigenvalue weighted by atomic mass is 19.1. The van der Waals surface area contributed by atoms with Crippen LogP contribution in [0.4, 0.5) is 10.2 Å². The van der Waals surface area contributed by atoms with Gasteiger partial charge in [0.05, 0.1) is 11.1 Å². The molecule has 6 heteroatoms. The maximum absolute atomic E-state index is 13.1. The molecule has 1 aromatic heterocycles. The van der Waals surface area contributed by atoms with Crippen molar-refractivity contribution in [2.24, 2.45) is 0 Å². The number of nitriles is 1. The number of hydrogen-bond acceptors (Lipinski definition) is 4. The van der Waals surface area contributed by atoms with Gasteiger partial charge in [-0.3, -0.25) is 4.79 Å². The van der Waals surface area contributed by atoms with Crippen molar-refractivity contribution in [3.63, 3.8) is 0 Å². The van der Waals surface area contributed by atoms with Crippen molar-refractivity contribution in [1.82, 2.24) is 10.3 Å². The molecule has 26 heavy (non-hydrogen) atoms. The highest BCUT2D eigenvalue weighted by Crippen LogP contribution is 2.22. The molecular formula is C20H17FN4O. The molecule has 0 saturated heterocycles. The summed E-state index contributed by atoms with van der Waals surface area (Å²) in [4.78, 5) is 16.5. The number of fused-ring (bicyclic) bond motifs is 1. The number of rotatable bonds is 5. The number of nitrogens with one attached hydrogen (secondary N) is 2. The third-order valence-electron chi connectivity index (χ3n) is 3.96. The second-order valence-corrected chi connectivity index (χ2v) is 5.84. The molecule has 0 radical (unpaired) electrons. The number of benzene rings is 2. The molecule has 0 fully saturated rings. The monoisotopic (exact) mass is 348 g/mol. The summed E-state index contributed by atoms with van der Waals surface area (Å²) in [6.45, 7) is 2.66. The molecule has 5 nitrogen and oxygen atoms in total. The van der Waals surface area contributed by atoms with Crippen molar-refractivity contribution < 1.29 is 9.18 Å². The van der Waals surface area contributed by atoms with E-state index in [1.54, 1.807) is 12.1 Å². The summed E-state index contributed by atoms with van der Waals surface area (Å²) in [5, 5.41) is 16.0.